The van der Waals surface area contributed by atoms with Crippen molar-refractivity contribution in [2.75, 3.05) is 13.2 Å². The molecule has 0 saturated carbocycles. The van der Waals surface area contributed by atoms with Crippen molar-refractivity contribution in [2.45, 2.75) is 20.5 Å². The van der Waals surface area contributed by atoms with Gasteiger partial charge in [0.25, 0.3) is 0 Å². The Morgan fingerprint density at radius 1 is 0.963 bits per heavy atom. The van der Waals surface area contributed by atoms with Crippen LogP contribution in [0.25, 0.3) is 0 Å². The maximum absolute atomic E-state index is 12.2. The second kappa shape index (κ2) is 8.89. The van der Waals surface area contributed by atoms with E-state index in [9.17, 15) is 4.79 Å². The SMILES string of the molecule is Cc1noc(C)c1COc1cccc(C(=O)OCCOc2ccccc2)c1. The van der Waals surface area contributed by atoms with E-state index in [1.165, 1.54) is 0 Å². The predicted octanol–water partition coefficient (Wildman–Crippen LogP) is 4.11. The molecule has 6 heteroatoms. The number of carbonyl (C=O) groups excluding carboxylic acids is 1. The Bertz CT molecular complexity index is 869. The van der Waals surface area contributed by atoms with Gasteiger partial charge >= 0.3 is 5.97 Å². The van der Waals surface area contributed by atoms with E-state index in [1.807, 2.05) is 44.2 Å². The number of rotatable bonds is 8. The number of hydrogen-bond donors (Lipinski definition) is 0. The van der Waals surface area contributed by atoms with Gasteiger partial charge < -0.3 is 18.7 Å². The smallest absolute Gasteiger partial charge is 0.338 e. The number of aromatic nitrogens is 1. The number of para-hydroxylation sites is 1. The molecule has 0 fully saturated rings. The summed E-state index contributed by atoms with van der Waals surface area (Å²) >= 11 is 0. The lowest BCUT2D eigenvalue weighted by atomic mass is 10.2. The van der Waals surface area contributed by atoms with E-state index in [0.29, 0.717) is 17.9 Å². The van der Waals surface area contributed by atoms with Gasteiger partial charge in [-0.25, -0.2) is 4.79 Å². The van der Waals surface area contributed by atoms with E-state index in [-0.39, 0.29) is 13.2 Å². The van der Waals surface area contributed by atoms with Gasteiger partial charge in [0.15, 0.2) is 0 Å². The van der Waals surface area contributed by atoms with Crippen molar-refractivity contribution in [1.29, 1.82) is 0 Å². The quantitative estimate of drug-likeness (QED) is 0.441. The minimum absolute atomic E-state index is 0.165. The molecule has 0 bridgehead atoms. The van der Waals surface area contributed by atoms with Gasteiger partial charge in [-0.2, -0.15) is 0 Å². The number of nitrogens with zero attached hydrogens (tertiary/aromatic N) is 1. The molecule has 6 nitrogen and oxygen atoms in total. The molecule has 1 heterocycles. The molecule has 0 amide bonds. The molecular weight excluding hydrogens is 346 g/mol. The third kappa shape index (κ3) is 5.10. The summed E-state index contributed by atoms with van der Waals surface area (Å²) in [5.74, 6) is 1.61. The summed E-state index contributed by atoms with van der Waals surface area (Å²) in [7, 11) is 0. The molecule has 0 aliphatic rings. The highest BCUT2D eigenvalue weighted by atomic mass is 16.6. The second-order valence-electron chi connectivity index (χ2n) is 5.92. The molecule has 0 saturated heterocycles. The molecule has 0 atom stereocenters. The number of carbonyl (C=O) groups is 1. The summed E-state index contributed by atoms with van der Waals surface area (Å²) < 4.78 is 21.6. The van der Waals surface area contributed by atoms with E-state index in [4.69, 9.17) is 18.7 Å². The molecule has 0 unspecified atom stereocenters. The number of aryl methyl sites for hydroxylation is 2. The highest BCUT2D eigenvalue weighted by Gasteiger charge is 2.11. The zero-order chi connectivity index (χ0) is 19.1. The van der Waals surface area contributed by atoms with Crippen molar-refractivity contribution in [3.05, 3.63) is 77.2 Å². The van der Waals surface area contributed by atoms with Crippen molar-refractivity contribution >= 4 is 5.97 Å². The Kier molecular flexibility index (Phi) is 6.10. The molecule has 0 N–H and O–H groups in total. The van der Waals surface area contributed by atoms with Crippen LogP contribution in [0.4, 0.5) is 0 Å². The van der Waals surface area contributed by atoms with Crippen molar-refractivity contribution in [2.24, 2.45) is 0 Å². The van der Waals surface area contributed by atoms with Crippen LogP contribution < -0.4 is 9.47 Å². The van der Waals surface area contributed by atoms with E-state index in [0.717, 1.165) is 22.8 Å². The predicted molar refractivity (Wildman–Crippen MR) is 99.0 cm³/mol. The minimum atomic E-state index is -0.422. The standard InChI is InChI=1S/C21H21NO5/c1-15-20(16(2)27-22-15)14-26-19-10-6-7-17(13-19)21(23)25-12-11-24-18-8-4-3-5-9-18/h3-10,13H,11-12,14H2,1-2H3. The average molecular weight is 367 g/mol. The van der Waals surface area contributed by atoms with Crippen molar-refractivity contribution in [3.8, 4) is 11.5 Å². The van der Waals surface area contributed by atoms with Gasteiger partial charge in [-0.15, -0.1) is 0 Å². The number of ether oxygens (including phenoxy) is 3. The fourth-order valence-corrected chi connectivity index (χ4v) is 2.47. The highest BCUT2D eigenvalue weighted by molar-refractivity contribution is 5.89. The summed E-state index contributed by atoms with van der Waals surface area (Å²) in [6.45, 7) is 4.48. The van der Waals surface area contributed by atoms with Crippen LogP contribution >= 0.6 is 0 Å². The van der Waals surface area contributed by atoms with Gasteiger partial charge in [0, 0.05) is 0 Å². The third-order valence-corrected chi connectivity index (χ3v) is 3.96. The Morgan fingerprint density at radius 3 is 2.48 bits per heavy atom. The monoisotopic (exact) mass is 367 g/mol. The van der Waals surface area contributed by atoms with Crippen LogP contribution in [0.2, 0.25) is 0 Å². The Balaban J connectivity index is 1.49. The first-order chi connectivity index (χ1) is 13.1. The van der Waals surface area contributed by atoms with Crippen LogP contribution in [0.1, 0.15) is 27.4 Å². The Hall–Kier alpha value is -3.28. The lowest BCUT2D eigenvalue weighted by Gasteiger charge is -2.09. The maximum Gasteiger partial charge on any atom is 0.338 e. The van der Waals surface area contributed by atoms with Crippen LogP contribution in [0.3, 0.4) is 0 Å². The van der Waals surface area contributed by atoms with Crippen LogP contribution in [-0.4, -0.2) is 24.3 Å². The molecule has 3 rings (SSSR count). The van der Waals surface area contributed by atoms with Gasteiger partial charge in [0.05, 0.1) is 16.8 Å². The van der Waals surface area contributed by atoms with Gasteiger partial charge in [-0.05, 0) is 44.2 Å². The molecule has 0 radical (unpaired) electrons. The molecule has 0 aliphatic carbocycles. The Labute approximate surface area is 157 Å². The molecule has 0 aliphatic heterocycles. The van der Waals surface area contributed by atoms with Crippen molar-refractivity contribution < 1.29 is 23.5 Å². The lowest BCUT2D eigenvalue weighted by Crippen LogP contribution is -2.12. The maximum atomic E-state index is 12.2. The fourth-order valence-electron chi connectivity index (χ4n) is 2.47. The summed E-state index contributed by atoms with van der Waals surface area (Å²) in [6, 6.07) is 16.2. The molecule has 27 heavy (non-hydrogen) atoms. The number of esters is 1. The summed E-state index contributed by atoms with van der Waals surface area (Å²) in [5, 5.41) is 3.90. The van der Waals surface area contributed by atoms with Crippen molar-refractivity contribution in [1.82, 2.24) is 5.16 Å². The lowest BCUT2D eigenvalue weighted by molar-refractivity contribution is 0.0450. The number of hydrogen-bond acceptors (Lipinski definition) is 6. The van der Waals surface area contributed by atoms with Gasteiger partial charge in [-0.3, -0.25) is 0 Å². The molecule has 140 valence electrons. The Morgan fingerprint density at radius 2 is 1.74 bits per heavy atom. The average Bonchev–Trinajstić information content (AvgIpc) is 3.02. The first-order valence-electron chi connectivity index (χ1n) is 8.63. The van der Waals surface area contributed by atoms with E-state index < -0.39 is 5.97 Å². The van der Waals surface area contributed by atoms with Crippen LogP contribution in [0.5, 0.6) is 11.5 Å². The van der Waals surface area contributed by atoms with Crippen molar-refractivity contribution in [3.63, 3.8) is 0 Å². The normalized spacial score (nSPS) is 10.4. The second-order valence-corrected chi connectivity index (χ2v) is 5.92. The molecule has 0 spiro atoms. The topological polar surface area (TPSA) is 70.8 Å². The first kappa shape index (κ1) is 18.5. The highest BCUT2D eigenvalue weighted by Crippen LogP contribution is 2.19. The van der Waals surface area contributed by atoms with Gasteiger partial charge in [-0.1, -0.05) is 29.4 Å². The first-order valence-corrected chi connectivity index (χ1v) is 8.63. The zero-order valence-corrected chi connectivity index (χ0v) is 15.3. The largest absolute Gasteiger partial charge is 0.490 e. The number of benzene rings is 2. The minimum Gasteiger partial charge on any atom is -0.490 e. The molecule has 1 aromatic heterocycles. The molecule has 3 aromatic rings. The van der Waals surface area contributed by atoms with Gasteiger partial charge in [0.1, 0.15) is 37.1 Å². The van der Waals surface area contributed by atoms with Gasteiger partial charge in [0.2, 0.25) is 0 Å². The molecular formula is C21H21NO5. The summed E-state index contributed by atoms with van der Waals surface area (Å²) in [4.78, 5) is 12.2. The third-order valence-electron chi connectivity index (χ3n) is 3.96. The van der Waals surface area contributed by atoms with E-state index >= 15 is 0 Å². The summed E-state index contributed by atoms with van der Waals surface area (Å²) in [5.41, 5.74) is 2.12. The van der Waals surface area contributed by atoms with Crippen LogP contribution in [0, 0.1) is 13.8 Å². The van der Waals surface area contributed by atoms with E-state index in [2.05, 4.69) is 5.16 Å². The zero-order valence-electron chi connectivity index (χ0n) is 15.3. The molecule has 2 aromatic carbocycles. The van der Waals surface area contributed by atoms with E-state index in [1.54, 1.807) is 24.3 Å². The fraction of sp³-hybridized carbons (Fsp3) is 0.238. The van der Waals surface area contributed by atoms with Crippen LogP contribution in [-0.2, 0) is 11.3 Å². The summed E-state index contributed by atoms with van der Waals surface area (Å²) in [6.07, 6.45) is 0. The van der Waals surface area contributed by atoms with Crippen LogP contribution in [0.15, 0.2) is 59.1 Å².